The molecule has 34 heavy (non-hydrogen) atoms. The van der Waals surface area contributed by atoms with E-state index in [2.05, 4.69) is 15.3 Å². The van der Waals surface area contributed by atoms with Gasteiger partial charge in [0.2, 0.25) is 0 Å². The van der Waals surface area contributed by atoms with Crippen LogP contribution in [0.15, 0.2) is 69.8 Å². The fourth-order valence-corrected chi connectivity index (χ4v) is 5.42. The molecule has 2 N–H and O–H groups in total. The van der Waals surface area contributed by atoms with E-state index in [1.807, 2.05) is 43.3 Å². The molecule has 8 heteroatoms. The zero-order chi connectivity index (χ0) is 23.8. The van der Waals surface area contributed by atoms with Crippen molar-refractivity contribution in [3.8, 4) is 0 Å². The van der Waals surface area contributed by atoms with E-state index in [0.29, 0.717) is 39.8 Å². The fourth-order valence-electron chi connectivity index (χ4n) is 4.57. The normalized spacial score (nSPS) is 17.1. The van der Waals surface area contributed by atoms with Gasteiger partial charge in [0.1, 0.15) is 11.6 Å². The van der Waals surface area contributed by atoms with Crippen LogP contribution in [0.1, 0.15) is 41.9 Å². The molecule has 1 unspecified atom stereocenters. The zero-order valence-corrected chi connectivity index (χ0v) is 19.8. The van der Waals surface area contributed by atoms with Crippen LogP contribution in [0, 0.1) is 5.82 Å². The molecule has 1 aliphatic carbocycles. The molecule has 0 spiro atoms. The number of hydrogen-bond acceptors (Lipinski definition) is 6. The number of H-pyrrole nitrogens is 1. The standard InChI is InChI=1S/C26H25FN4O2S/c1-31(2)17-12-10-15(11-13-17)21-22-19(8-5-9-20(22)32)28-24-23(21)25(33)30-26(29-24)34-14-16-6-3-4-7-18(16)27/h3-4,6-7,10-13,21H,5,8-9,14H2,1-2H3,(H2,28,29,30,33). The summed E-state index contributed by atoms with van der Waals surface area (Å²) in [6.45, 7) is 0. The smallest absolute Gasteiger partial charge is 0.257 e. The third-order valence-electron chi connectivity index (χ3n) is 6.30. The van der Waals surface area contributed by atoms with Crippen molar-refractivity contribution in [3.05, 3.63) is 92.7 Å². The number of aromatic amines is 1. The molecule has 1 aliphatic heterocycles. The second-order valence-corrected chi connectivity index (χ2v) is 9.69. The predicted octanol–water partition coefficient (Wildman–Crippen LogP) is 4.83. The molecule has 2 aliphatic rings. The monoisotopic (exact) mass is 476 g/mol. The van der Waals surface area contributed by atoms with Gasteiger partial charge in [-0.25, -0.2) is 9.37 Å². The number of allylic oxidation sites excluding steroid dienone is 2. The lowest BCUT2D eigenvalue weighted by molar-refractivity contribution is -0.116. The number of aromatic nitrogens is 2. The summed E-state index contributed by atoms with van der Waals surface area (Å²) in [5.41, 5.74) is 4.12. The second-order valence-electron chi connectivity index (χ2n) is 8.73. The van der Waals surface area contributed by atoms with Crippen molar-refractivity contribution in [2.75, 3.05) is 24.3 Å². The fraction of sp³-hybridized carbons (Fsp3) is 0.269. The molecule has 3 aromatic rings. The Bertz CT molecular complexity index is 1350. The van der Waals surface area contributed by atoms with Crippen LogP contribution in [0.5, 0.6) is 0 Å². The van der Waals surface area contributed by atoms with E-state index in [9.17, 15) is 14.0 Å². The van der Waals surface area contributed by atoms with Gasteiger partial charge in [0.15, 0.2) is 10.9 Å². The number of carbonyl (C=O) groups excluding carboxylic acids is 1. The summed E-state index contributed by atoms with van der Waals surface area (Å²) in [5, 5.41) is 3.69. The number of nitrogens with one attached hydrogen (secondary N) is 2. The minimum atomic E-state index is -0.475. The van der Waals surface area contributed by atoms with Crippen LogP contribution in [0.2, 0.25) is 0 Å². The van der Waals surface area contributed by atoms with Crippen LogP contribution >= 0.6 is 11.8 Å². The number of benzene rings is 2. The van der Waals surface area contributed by atoms with Crippen molar-refractivity contribution < 1.29 is 9.18 Å². The van der Waals surface area contributed by atoms with Crippen LogP contribution in [0.3, 0.4) is 0 Å². The summed E-state index contributed by atoms with van der Waals surface area (Å²) in [7, 11) is 3.94. The number of ketones is 1. The van der Waals surface area contributed by atoms with Crippen molar-refractivity contribution in [1.82, 2.24) is 9.97 Å². The number of hydrogen-bond donors (Lipinski definition) is 2. The molecule has 0 amide bonds. The molecule has 0 bridgehead atoms. The summed E-state index contributed by atoms with van der Waals surface area (Å²) < 4.78 is 14.0. The first-order valence-corrected chi connectivity index (χ1v) is 12.2. The summed E-state index contributed by atoms with van der Waals surface area (Å²) in [5.74, 6) is 0.117. The van der Waals surface area contributed by atoms with Crippen molar-refractivity contribution in [1.29, 1.82) is 0 Å². The molecule has 2 heterocycles. The van der Waals surface area contributed by atoms with Gasteiger partial charge in [0.05, 0.1) is 5.56 Å². The lowest BCUT2D eigenvalue weighted by atomic mass is 9.76. The van der Waals surface area contributed by atoms with E-state index in [4.69, 9.17) is 0 Å². The van der Waals surface area contributed by atoms with Crippen LogP contribution in [0.4, 0.5) is 15.9 Å². The molecule has 174 valence electrons. The highest BCUT2D eigenvalue weighted by molar-refractivity contribution is 7.98. The second kappa shape index (κ2) is 9.10. The van der Waals surface area contributed by atoms with Crippen LogP contribution in [0.25, 0.3) is 0 Å². The molecule has 5 rings (SSSR count). The zero-order valence-electron chi connectivity index (χ0n) is 19.0. The molecular formula is C26H25FN4O2S. The number of halogens is 1. The van der Waals surface area contributed by atoms with Gasteiger partial charge < -0.3 is 15.2 Å². The number of rotatable bonds is 5. The third kappa shape index (κ3) is 4.14. The molecular weight excluding hydrogens is 451 g/mol. The van der Waals surface area contributed by atoms with Gasteiger partial charge in [-0.3, -0.25) is 9.59 Å². The van der Waals surface area contributed by atoms with Gasteiger partial charge in [-0.2, -0.15) is 0 Å². The molecule has 6 nitrogen and oxygen atoms in total. The molecule has 2 aromatic carbocycles. The first-order valence-electron chi connectivity index (χ1n) is 11.2. The molecule has 0 saturated heterocycles. The highest BCUT2D eigenvalue weighted by Crippen LogP contribution is 2.43. The molecule has 0 fully saturated rings. The molecule has 0 saturated carbocycles. The minimum Gasteiger partial charge on any atom is -0.378 e. The Hall–Kier alpha value is -3.39. The van der Waals surface area contributed by atoms with Crippen LogP contribution in [-0.4, -0.2) is 29.8 Å². The van der Waals surface area contributed by atoms with E-state index < -0.39 is 5.92 Å². The molecule has 0 radical (unpaired) electrons. The topological polar surface area (TPSA) is 78.1 Å². The van der Waals surface area contributed by atoms with Crippen LogP contribution in [-0.2, 0) is 10.5 Å². The van der Waals surface area contributed by atoms with E-state index in [1.165, 1.54) is 17.8 Å². The molecule has 1 aromatic heterocycles. The number of Topliss-reactive ketones (excluding diaryl/α,β-unsaturated/α-hetero) is 1. The Labute approximate surface area is 201 Å². The number of thioether (sulfide) groups is 1. The SMILES string of the molecule is CN(C)c1ccc(C2C3=C(CCCC3=O)Nc3nc(SCc4ccccc4F)[nH]c(=O)c32)cc1. The number of anilines is 2. The van der Waals surface area contributed by atoms with Gasteiger partial charge in [0.25, 0.3) is 5.56 Å². The lowest BCUT2D eigenvalue weighted by Gasteiger charge is -2.33. The number of carbonyl (C=O) groups is 1. The first kappa shape index (κ1) is 22.4. The van der Waals surface area contributed by atoms with Crippen molar-refractivity contribution in [3.63, 3.8) is 0 Å². The van der Waals surface area contributed by atoms with Crippen molar-refractivity contribution in [2.24, 2.45) is 0 Å². The van der Waals surface area contributed by atoms with E-state index >= 15 is 0 Å². The Morgan fingerprint density at radius 3 is 2.59 bits per heavy atom. The van der Waals surface area contributed by atoms with Gasteiger partial charge in [-0.1, -0.05) is 42.1 Å². The summed E-state index contributed by atoms with van der Waals surface area (Å²) in [6, 6.07) is 14.5. The van der Waals surface area contributed by atoms with Gasteiger partial charge in [-0.05, 0) is 42.2 Å². The highest BCUT2D eigenvalue weighted by atomic mass is 32.2. The van der Waals surface area contributed by atoms with Crippen molar-refractivity contribution in [2.45, 2.75) is 36.1 Å². The molecule has 1 atom stereocenters. The van der Waals surface area contributed by atoms with Crippen molar-refractivity contribution >= 4 is 29.1 Å². The van der Waals surface area contributed by atoms with E-state index in [1.54, 1.807) is 18.2 Å². The first-order chi connectivity index (χ1) is 16.4. The quantitative estimate of drug-likeness (QED) is 0.406. The Balaban J connectivity index is 1.55. The van der Waals surface area contributed by atoms with Crippen LogP contribution < -0.4 is 15.8 Å². The van der Waals surface area contributed by atoms with Gasteiger partial charge in [-0.15, -0.1) is 0 Å². The van der Waals surface area contributed by atoms with E-state index in [-0.39, 0.29) is 17.2 Å². The predicted molar refractivity (Wildman–Crippen MR) is 133 cm³/mol. The Morgan fingerprint density at radius 2 is 1.85 bits per heavy atom. The van der Waals surface area contributed by atoms with E-state index in [0.717, 1.165) is 29.8 Å². The number of nitrogens with zero attached hydrogens (tertiary/aromatic N) is 2. The average Bonchev–Trinajstić information content (AvgIpc) is 2.82. The number of fused-ring (bicyclic) bond motifs is 1. The Kier molecular flexibility index (Phi) is 6.00. The minimum absolute atomic E-state index is 0.0680. The highest BCUT2D eigenvalue weighted by Gasteiger charge is 2.37. The maximum absolute atomic E-state index is 14.0. The average molecular weight is 477 g/mol. The largest absolute Gasteiger partial charge is 0.378 e. The summed E-state index contributed by atoms with van der Waals surface area (Å²) >= 11 is 1.27. The maximum atomic E-state index is 14.0. The third-order valence-corrected chi connectivity index (χ3v) is 7.22. The lowest BCUT2D eigenvalue weighted by Crippen LogP contribution is -2.32. The Morgan fingerprint density at radius 1 is 1.09 bits per heavy atom. The van der Waals surface area contributed by atoms with Gasteiger partial charge in [0, 0.05) is 49.1 Å². The summed E-state index contributed by atoms with van der Waals surface area (Å²) in [6.07, 6.45) is 1.98. The maximum Gasteiger partial charge on any atom is 0.257 e. The summed E-state index contributed by atoms with van der Waals surface area (Å²) in [4.78, 5) is 35.9. The van der Waals surface area contributed by atoms with Gasteiger partial charge >= 0.3 is 0 Å².